The van der Waals surface area contributed by atoms with Crippen molar-refractivity contribution in [3.8, 4) is 0 Å². The van der Waals surface area contributed by atoms with Gasteiger partial charge in [0, 0.05) is 13.7 Å². The minimum Gasteiger partial charge on any atom is -0.393 e. The van der Waals surface area contributed by atoms with Crippen molar-refractivity contribution in [3.63, 3.8) is 0 Å². The number of rotatable bonds is 4. The molecule has 0 bridgehead atoms. The molecular weight excluding hydrogens is 218 g/mol. The molecule has 2 N–H and O–H groups in total. The molecule has 0 saturated heterocycles. The van der Waals surface area contributed by atoms with E-state index in [2.05, 4.69) is 5.32 Å². The minimum absolute atomic E-state index is 0.0336. The van der Waals surface area contributed by atoms with Crippen LogP contribution in [0.4, 0.5) is 0 Å². The Bertz CT molecular complexity index is 270. The van der Waals surface area contributed by atoms with Gasteiger partial charge in [0.25, 0.3) is 5.91 Å². The van der Waals surface area contributed by atoms with Crippen molar-refractivity contribution in [2.24, 2.45) is 5.92 Å². The summed E-state index contributed by atoms with van der Waals surface area (Å²) in [7, 11) is 1.61. The Morgan fingerprint density at radius 1 is 1.41 bits per heavy atom. The number of hydrogen-bond acceptors (Lipinski definition) is 3. The quantitative estimate of drug-likeness (QED) is 0.778. The van der Waals surface area contributed by atoms with Gasteiger partial charge >= 0.3 is 0 Å². The van der Waals surface area contributed by atoms with Crippen LogP contribution in [-0.2, 0) is 9.53 Å². The van der Waals surface area contributed by atoms with E-state index in [-0.39, 0.29) is 12.0 Å². The van der Waals surface area contributed by atoms with E-state index in [1.807, 2.05) is 0 Å². The molecule has 0 aliphatic heterocycles. The molecule has 98 valence electrons. The third-order valence-corrected chi connectivity index (χ3v) is 4.27. The smallest absolute Gasteiger partial charge is 0.252 e. The standard InChI is InChI=1S/C13H23NO3/c1-17-13(6-3-7-13)12(16)14-9-10-4-2-5-11(15)8-10/h10-11,15H,2-9H2,1H3,(H,14,16). The number of aliphatic hydroxyl groups is 1. The van der Waals surface area contributed by atoms with Gasteiger partial charge < -0.3 is 15.2 Å². The topological polar surface area (TPSA) is 58.6 Å². The molecule has 2 atom stereocenters. The molecule has 4 heteroatoms. The van der Waals surface area contributed by atoms with Gasteiger partial charge in [0.15, 0.2) is 0 Å². The molecule has 2 rings (SSSR count). The molecule has 2 aliphatic rings. The lowest BCUT2D eigenvalue weighted by molar-refractivity contribution is -0.154. The van der Waals surface area contributed by atoms with E-state index in [0.717, 1.165) is 44.9 Å². The van der Waals surface area contributed by atoms with Crippen LogP contribution in [0, 0.1) is 5.92 Å². The molecular formula is C13H23NO3. The van der Waals surface area contributed by atoms with E-state index in [9.17, 15) is 9.90 Å². The van der Waals surface area contributed by atoms with Crippen LogP contribution in [0.3, 0.4) is 0 Å². The second-order valence-electron chi connectivity index (χ2n) is 5.45. The van der Waals surface area contributed by atoms with Gasteiger partial charge in [-0.25, -0.2) is 0 Å². The molecule has 0 aromatic rings. The molecule has 1 amide bonds. The minimum atomic E-state index is -0.548. The average Bonchev–Trinajstić information content (AvgIpc) is 2.26. The van der Waals surface area contributed by atoms with Crippen LogP contribution in [0.25, 0.3) is 0 Å². The summed E-state index contributed by atoms with van der Waals surface area (Å²) < 4.78 is 5.34. The number of nitrogens with one attached hydrogen (secondary N) is 1. The maximum Gasteiger partial charge on any atom is 0.252 e. The first-order valence-corrected chi connectivity index (χ1v) is 6.68. The normalized spacial score (nSPS) is 31.6. The summed E-state index contributed by atoms with van der Waals surface area (Å²) in [6.07, 6.45) is 6.47. The van der Waals surface area contributed by atoms with Crippen molar-refractivity contribution in [2.45, 2.75) is 56.7 Å². The molecule has 4 nitrogen and oxygen atoms in total. The number of hydrogen-bond donors (Lipinski definition) is 2. The van der Waals surface area contributed by atoms with Gasteiger partial charge in [0.1, 0.15) is 5.60 Å². The van der Waals surface area contributed by atoms with E-state index in [4.69, 9.17) is 4.74 Å². The fourth-order valence-electron chi connectivity index (χ4n) is 2.87. The molecule has 2 fully saturated rings. The zero-order chi connectivity index (χ0) is 12.3. The number of carbonyl (C=O) groups excluding carboxylic acids is 1. The number of aliphatic hydroxyl groups excluding tert-OH is 1. The fourth-order valence-corrected chi connectivity index (χ4v) is 2.87. The van der Waals surface area contributed by atoms with E-state index in [0.29, 0.717) is 12.5 Å². The summed E-state index contributed by atoms with van der Waals surface area (Å²) in [6.45, 7) is 0.682. The zero-order valence-electron chi connectivity index (χ0n) is 10.6. The van der Waals surface area contributed by atoms with E-state index in [1.165, 1.54) is 0 Å². The highest BCUT2D eigenvalue weighted by molar-refractivity contribution is 5.86. The van der Waals surface area contributed by atoms with Crippen LogP contribution in [0.1, 0.15) is 44.9 Å². The highest BCUT2D eigenvalue weighted by atomic mass is 16.5. The van der Waals surface area contributed by atoms with Gasteiger partial charge in [0.05, 0.1) is 6.10 Å². The highest BCUT2D eigenvalue weighted by Gasteiger charge is 2.44. The van der Waals surface area contributed by atoms with E-state index >= 15 is 0 Å². The summed E-state index contributed by atoms with van der Waals surface area (Å²) in [5.74, 6) is 0.461. The largest absolute Gasteiger partial charge is 0.393 e. The van der Waals surface area contributed by atoms with E-state index < -0.39 is 5.60 Å². The van der Waals surface area contributed by atoms with Crippen LogP contribution in [0.2, 0.25) is 0 Å². The lowest BCUT2D eigenvalue weighted by Gasteiger charge is -2.39. The molecule has 0 aromatic carbocycles. The Morgan fingerprint density at radius 3 is 2.71 bits per heavy atom. The Kier molecular flexibility index (Phi) is 4.05. The zero-order valence-corrected chi connectivity index (χ0v) is 10.6. The van der Waals surface area contributed by atoms with Gasteiger partial charge in [-0.05, 0) is 44.4 Å². The third kappa shape index (κ3) is 2.80. The van der Waals surface area contributed by atoms with Crippen molar-refractivity contribution in [2.75, 3.05) is 13.7 Å². The molecule has 0 spiro atoms. The van der Waals surface area contributed by atoms with Crippen molar-refractivity contribution >= 4 is 5.91 Å². The Morgan fingerprint density at radius 2 is 2.18 bits per heavy atom. The number of ether oxygens (including phenoxy) is 1. The molecule has 0 radical (unpaired) electrons. The fraction of sp³-hybridized carbons (Fsp3) is 0.923. The Balaban J connectivity index is 1.75. The number of amides is 1. The van der Waals surface area contributed by atoms with Crippen molar-refractivity contribution in [1.29, 1.82) is 0 Å². The predicted molar refractivity (Wildman–Crippen MR) is 64.6 cm³/mol. The van der Waals surface area contributed by atoms with Crippen LogP contribution in [0.15, 0.2) is 0 Å². The van der Waals surface area contributed by atoms with Gasteiger partial charge in [-0.3, -0.25) is 4.79 Å². The first kappa shape index (κ1) is 12.8. The molecule has 17 heavy (non-hydrogen) atoms. The summed E-state index contributed by atoms with van der Waals surface area (Å²) in [5.41, 5.74) is -0.548. The lowest BCUT2D eigenvalue weighted by atomic mass is 9.79. The number of methoxy groups -OCH3 is 1. The van der Waals surface area contributed by atoms with Crippen molar-refractivity contribution < 1.29 is 14.6 Å². The van der Waals surface area contributed by atoms with Gasteiger partial charge in [-0.15, -0.1) is 0 Å². The Hall–Kier alpha value is -0.610. The van der Waals surface area contributed by atoms with Crippen LogP contribution >= 0.6 is 0 Å². The second-order valence-corrected chi connectivity index (χ2v) is 5.45. The third-order valence-electron chi connectivity index (χ3n) is 4.27. The SMILES string of the molecule is COC1(C(=O)NCC2CCCC(O)C2)CCC1. The maximum absolute atomic E-state index is 12.0. The summed E-state index contributed by atoms with van der Waals surface area (Å²) >= 11 is 0. The lowest BCUT2D eigenvalue weighted by Crippen LogP contribution is -2.54. The average molecular weight is 241 g/mol. The molecule has 0 heterocycles. The predicted octanol–water partition coefficient (Wildman–Crippen LogP) is 1.22. The monoisotopic (exact) mass is 241 g/mol. The van der Waals surface area contributed by atoms with Crippen LogP contribution in [-0.4, -0.2) is 36.4 Å². The highest BCUT2D eigenvalue weighted by Crippen LogP contribution is 2.35. The first-order chi connectivity index (χ1) is 8.16. The summed E-state index contributed by atoms with van der Waals surface area (Å²) in [5, 5.41) is 12.6. The molecule has 0 aromatic heterocycles. The Labute approximate surface area is 103 Å². The molecule has 2 unspecified atom stereocenters. The van der Waals surface area contributed by atoms with Gasteiger partial charge in [-0.2, -0.15) is 0 Å². The van der Waals surface area contributed by atoms with Crippen molar-refractivity contribution in [3.05, 3.63) is 0 Å². The van der Waals surface area contributed by atoms with Gasteiger partial charge in [0.2, 0.25) is 0 Å². The van der Waals surface area contributed by atoms with Crippen LogP contribution < -0.4 is 5.32 Å². The van der Waals surface area contributed by atoms with Gasteiger partial charge in [-0.1, -0.05) is 6.42 Å². The van der Waals surface area contributed by atoms with Crippen molar-refractivity contribution in [1.82, 2.24) is 5.32 Å². The first-order valence-electron chi connectivity index (χ1n) is 6.68. The van der Waals surface area contributed by atoms with Crippen LogP contribution in [0.5, 0.6) is 0 Å². The second kappa shape index (κ2) is 5.36. The molecule has 2 aliphatic carbocycles. The van der Waals surface area contributed by atoms with E-state index in [1.54, 1.807) is 7.11 Å². The molecule has 2 saturated carbocycles. The summed E-state index contributed by atoms with van der Waals surface area (Å²) in [4.78, 5) is 12.0. The maximum atomic E-state index is 12.0. The number of carbonyl (C=O) groups is 1. The summed E-state index contributed by atoms with van der Waals surface area (Å²) in [6, 6.07) is 0.